The van der Waals surface area contributed by atoms with Gasteiger partial charge in [0.05, 0.1) is 18.1 Å². The maximum absolute atomic E-state index is 11.7. The van der Waals surface area contributed by atoms with E-state index in [1.165, 1.54) is 23.9 Å². The highest BCUT2D eigenvalue weighted by molar-refractivity contribution is 8.12. The molecule has 0 aromatic heterocycles. The Morgan fingerprint density at radius 2 is 1.93 bits per heavy atom. The topological polar surface area (TPSA) is 91.0 Å². The van der Waals surface area contributed by atoms with Crippen LogP contribution in [-0.4, -0.2) is 29.5 Å². The summed E-state index contributed by atoms with van der Waals surface area (Å²) in [6.07, 6.45) is 3.68. The van der Waals surface area contributed by atoms with E-state index < -0.39 is 11.0 Å². The van der Waals surface area contributed by atoms with Gasteiger partial charge in [0.2, 0.25) is 0 Å². The number of thioether (sulfide) groups is 1. The lowest BCUT2D eigenvalue weighted by Gasteiger charge is -2.16. The Kier molecular flexibility index (Phi) is 11.2. The molecule has 1 aromatic carbocycles. The average Bonchev–Trinajstić information content (AvgIpc) is 2.66. The van der Waals surface area contributed by atoms with E-state index in [2.05, 4.69) is 18.8 Å². The van der Waals surface area contributed by atoms with Gasteiger partial charge in [-0.25, -0.2) is 4.79 Å². The number of benzene rings is 1. The van der Waals surface area contributed by atoms with E-state index in [9.17, 15) is 14.9 Å². The summed E-state index contributed by atoms with van der Waals surface area (Å²) in [5, 5.41) is 11.0. The molecule has 0 saturated carbocycles. The first kappa shape index (κ1) is 23.0. The number of hydrogen-bond acceptors (Lipinski definition) is 6. The maximum atomic E-state index is 11.7. The van der Waals surface area contributed by atoms with Gasteiger partial charge in [-0.1, -0.05) is 57.0 Å². The largest absolute Gasteiger partial charge is 0.472 e. The minimum absolute atomic E-state index is 0.0436. The third-order valence-electron chi connectivity index (χ3n) is 3.95. The molecule has 27 heavy (non-hydrogen) atoms. The molecule has 1 amide bonds. The monoisotopic (exact) mass is 396 g/mol. The molecular weight excluding hydrogens is 368 g/mol. The molecular formula is C19H28N2O5S. The number of amides is 1. The molecule has 1 aromatic rings. The van der Waals surface area contributed by atoms with Crippen molar-refractivity contribution in [3.05, 3.63) is 39.9 Å². The molecule has 0 aliphatic heterocycles. The summed E-state index contributed by atoms with van der Waals surface area (Å²) in [6, 6.07) is 6.28. The van der Waals surface area contributed by atoms with Gasteiger partial charge in [-0.2, -0.15) is 0 Å². The number of ether oxygens (including phenoxy) is 2. The molecule has 0 radical (unpaired) electrons. The summed E-state index contributed by atoms with van der Waals surface area (Å²) < 4.78 is 10.7. The van der Waals surface area contributed by atoms with E-state index >= 15 is 0 Å². The van der Waals surface area contributed by atoms with Gasteiger partial charge in [0.25, 0.3) is 10.9 Å². The van der Waals surface area contributed by atoms with Crippen LogP contribution < -0.4 is 0 Å². The van der Waals surface area contributed by atoms with Crippen molar-refractivity contribution in [2.24, 2.45) is 10.9 Å². The first-order valence-corrected chi connectivity index (χ1v) is 10.2. The molecule has 1 atom stereocenters. The van der Waals surface area contributed by atoms with Crippen LogP contribution in [-0.2, 0) is 15.2 Å². The third kappa shape index (κ3) is 9.42. The summed E-state index contributed by atoms with van der Waals surface area (Å²) in [5.41, 5.74) is 0.922. The Morgan fingerprint density at radius 3 is 2.48 bits per heavy atom. The Balaban J connectivity index is 2.70. The standard InChI is InChI=1S/C19H28N2O5S/c1-4-7-8-15(5-2)13-26-19(20-18(22)25-6-3)27-14-16-9-11-17(12-10-16)21(23)24/h9-12,15H,4-8,13-14H2,1-3H3/b20-19+. The Labute approximate surface area is 164 Å². The molecule has 1 rings (SSSR count). The van der Waals surface area contributed by atoms with Crippen molar-refractivity contribution in [1.29, 1.82) is 0 Å². The van der Waals surface area contributed by atoms with Gasteiger partial charge in [-0.05, 0) is 24.8 Å². The normalized spacial score (nSPS) is 12.5. The number of nitrogens with zero attached hydrogens (tertiary/aromatic N) is 2. The predicted octanol–water partition coefficient (Wildman–Crippen LogP) is 5.57. The molecule has 0 aliphatic carbocycles. The van der Waals surface area contributed by atoms with E-state index in [1.54, 1.807) is 19.1 Å². The van der Waals surface area contributed by atoms with Gasteiger partial charge in [0.1, 0.15) is 0 Å². The zero-order valence-corrected chi connectivity index (χ0v) is 17.0. The van der Waals surface area contributed by atoms with Crippen LogP contribution in [0.3, 0.4) is 0 Å². The Bertz CT molecular complexity index is 619. The van der Waals surface area contributed by atoms with Crippen molar-refractivity contribution >= 4 is 28.8 Å². The van der Waals surface area contributed by atoms with Crippen LogP contribution in [0.4, 0.5) is 10.5 Å². The van der Waals surface area contributed by atoms with Crippen molar-refractivity contribution < 1.29 is 19.2 Å². The van der Waals surface area contributed by atoms with Crippen LogP contribution in [0.15, 0.2) is 29.3 Å². The molecule has 0 heterocycles. The molecule has 8 heteroatoms. The van der Waals surface area contributed by atoms with E-state index in [-0.39, 0.29) is 17.5 Å². The molecule has 1 unspecified atom stereocenters. The van der Waals surface area contributed by atoms with Gasteiger partial charge in [-0.15, -0.1) is 4.99 Å². The van der Waals surface area contributed by atoms with Crippen LogP contribution in [0.1, 0.15) is 52.0 Å². The lowest BCUT2D eigenvalue weighted by atomic mass is 10.0. The van der Waals surface area contributed by atoms with Crippen LogP contribution in [0.2, 0.25) is 0 Å². The van der Waals surface area contributed by atoms with Gasteiger partial charge >= 0.3 is 6.09 Å². The second kappa shape index (κ2) is 13.1. The molecule has 0 spiro atoms. The number of carbonyl (C=O) groups excluding carboxylic acids is 1. The third-order valence-corrected chi connectivity index (χ3v) is 4.88. The number of hydrogen-bond donors (Lipinski definition) is 0. The second-order valence-electron chi connectivity index (χ2n) is 6.02. The van der Waals surface area contributed by atoms with Crippen molar-refractivity contribution in [3.8, 4) is 0 Å². The summed E-state index contributed by atoms with van der Waals surface area (Å²) in [7, 11) is 0. The smallest absolute Gasteiger partial charge is 0.437 e. The predicted molar refractivity (Wildman–Crippen MR) is 108 cm³/mol. The number of aliphatic imine (C=N–C) groups is 1. The zero-order chi connectivity index (χ0) is 20.1. The zero-order valence-electron chi connectivity index (χ0n) is 16.2. The molecule has 150 valence electrons. The molecule has 0 N–H and O–H groups in total. The fraction of sp³-hybridized carbons (Fsp3) is 0.579. The van der Waals surface area contributed by atoms with Gasteiger partial charge in [0, 0.05) is 17.9 Å². The van der Waals surface area contributed by atoms with Gasteiger partial charge in [-0.3, -0.25) is 10.1 Å². The van der Waals surface area contributed by atoms with Crippen LogP contribution >= 0.6 is 11.8 Å². The average molecular weight is 397 g/mol. The lowest BCUT2D eigenvalue weighted by molar-refractivity contribution is -0.384. The van der Waals surface area contributed by atoms with E-state index in [1.807, 2.05) is 0 Å². The van der Waals surface area contributed by atoms with E-state index in [0.717, 1.165) is 31.2 Å². The minimum atomic E-state index is -0.676. The fourth-order valence-corrected chi connectivity index (χ4v) is 3.06. The minimum Gasteiger partial charge on any atom is -0.472 e. The first-order valence-electron chi connectivity index (χ1n) is 9.24. The molecule has 7 nitrogen and oxygen atoms in total. The number of unbranched alkanes of at least 4 members (excludes halogenated alkanes) is 1. The highest BCUT2D eigenvalue weighted by atomic mass is 32.2. The van der Waals surface area contributed by atoms with Crippen LogP contribution in [0, 0.1) is 16.0 Å². The highest BCUT2D eigenvalue weighted by Gasteiger charge is 2.13. The van der Waals surface area contributed by atoms with Crippen molar-refractivity contribution in [2.45, 2.75) is 52.2 Å². The Hall–Kier alpha value is -2.09. The second-order valence-corrected chi connectivity index (χ2v) is 6.94. The molecule has 0 saturated heterocycles. The summed E-state index contributed by atoms with van der Waals surface area (Å²) in [6.45, 7) is 6.74. The quantitative estimate of drug-likeness (QED) is 0.222. The maximum Gasteiger partial charge on any atom is 0.437 e. The summed E-state index contributed by atoms with van der Waals surface area (Å²) in [4.78, 5) is 25.9. The SMILES string of the molecule is CCCCC(CC)CO/C(=N\C(=O)OCC)SCc1ccc([N+](=O)[O-])cc1. The van der Waals surface area contributed by atoms with Crippen molar-refractivity contribution in [1.82, 2.24) is 0 Å². The van der Waals surface area contributed by atoms with E-state index in [0.29, 0.717) is 18.3 Å². The Morgan fingerprint density at radius 1 is 1.22 bits per heavy atom. The number of rotatable bonds is 10. The molecule has 0 fully saturated rings. The van der Waals surface area contributed by atoms with Gasteiger partial charge < -0.3 is 9.47 Å². The van der Waals surface area contributed by atoms with Crippen molar-refractivity contribution in [2.75, 3.05) is 13.2 Å². The molecule has 0 bridgehead atoms. The summed E-state index contributed by atoms with van der Waals surface area (Å²) in [5.74, 6) is 0.902. The molecule has 0 aliphatic rings. The number of carbonyl (C=O) groups is 1. The lowest BCUT2D eigenvalue weighted by Crippen LogP contribution is -2.14. The van der Waals surface area contributed by atoms with Gasteiger partial charge in [0.15, 0.2) is 0 Å². The van der Waals surface area contributed by atoms with Crippen LogP contribution in [0.25, 0.3) is 0 Å². The fourth-order valence-electron chi connectivity index (χ4n) is 2.28. The summed E-state index contributed by atoms with van der Waals surface area (Å²) >= 11 is 1.28. The number of nitro groups is 1. The number of nitro benzene ring substituents is 1. The van der Waals surface area contributed by atoms with Crippen LogP contribution in [0.5, 0.6) is 0 Å². The van der Waals surface area contributed by atoms with E-state index in [4.69, 9.17) is 9.47 Å². The highest BCUT2D eigenvalue weighted by Crippen LogP contribution is 2.20. The van der Waals surface area contributed by atoms with Crippen molar-refractivity contribution in [3.63, 3.8) is 0 Å². The first-order chi connectivity index (χ1) is 13.0. The number of non-ortho nitro benzene ring substituents is 1.